The molecule has 0 spiro atoms. The molecule has 0 aliphatic rings. The van der Waals surface area contributed by atoms with E-state index in [4.69, 9.17) is 14.2 Å². The lowest BCUT2D eigenvalue weighted by Gasteiger charge is -2.21. The van der Waals surface area contributed by atoms with Gasteiger partial charge in [-0.15, -0.1) is 0 Å². The van der Waals surface area contributed by atoms with E-state index in [1.165, 1.54) is 7.11 Å². The quantitative estimate of drug-likeness (QED) is 0.628. The lowest BCUT2D eigenvalue weighted by molar-refractivity contribution is -0.147. The molecule has 0 aliphatic carbocycles. The molecule has 7 nitrogen and oxygen atoms in total. The van der Waals surface area contributed by atoms with Gasteiger partial charge >= 0.3 is 11.9 Å². The number of rotatable bonds is 10. The topological polar surface area (TPSA) is 90.9 Å². The summed E-state index contributed by atoms with van der Waals surface area (Å²) in [4.78, 5) is 35.9. The smallest absolute Gasteiger partial charge is 0.338 e. The summed E-state index contributed by atoms with van der Waals surface area (Å²) in [5.74, 6) is -1.79. The highest BCUT2D eigenvalue weighted by atomic mass is 16.5. The Morgan fingerprint density at radius 2 is 1.70 bits per heavy atom. The zero-order valence-electron chi connectivity index (χ0n) is 16.6. The SMILES string of the molecule is CC[C@@H](C)[C@H](NC(=O)COC(=O)c1ccc(COC(C)C)cc1)C(=O)OC. The summed E-state index contributed by atoms with van der Waals surface area (Å²) in [7, 11) is 1.26. The van der Waals surface area contributed by atoms with Gasteiger partial charge in [-0.05, 0) is 37.5 Å². The first-order chi connectivity index (χ1) is 12.8. The fourth-order valence-corrected chi connectivity index (χ4v) is 2.23. The van der Waals surface area contributed by atoms with E-state index >= 15 is 0 Å². The van der Waals surface area contributed by atoms with Gasteiger partial charge in [0, 0.05) is 0 Å². The van der Waals surface area contributed by atoms with Crippen LogP contribution in [-0.4, -0.2) is 43.7 Å². The molecule has 1 aromatic rings. The van der Waals surface area contributed by atoms with Crippen molar-refractivity contribution in [2.45, 2.75) is 52.9 Å². The molecule has 1 N–H and O–H groups in total. The molecule has 0 aliphatic heterocycles. The van der Waals surface area contributed by atoms with E-state index < -0.39 is 30.5 Å². The third kappa shape index (κ3) is 7.78. The second-order valence-electron chi connectivity index (χ2n) is 6.59. The van der Waals surface area contributed by atoms with Crippen LogP contribution in [0.3, 0.4) is 0 Å². The van der Waals surface area contributed by atoms with E-state index in [0.717, 1.165) is 5.56 Å². The van der Waals surface area contributed by atoms with Crippen molar-refractivity contribution in [2.75, 3.05) is 13.7 Å². The highest BCUT2D eigenvalue weighted by Gasteiger charge is 2.27. The monoisotopic (exact) mass is 379 g/mol. The molecule has 0 aromatic heterocycles. The number of ether oxygens (including phenoxy) is 3. The largest absolute Gasteiger partial charge is 0.467 e. The van der Waals surface area contributed by atoms with Crippen molar-refractivity contribution >= 4 is 17.8 Å². The van der Waals surface area contributed by atoms with Crippen molar-refractivity contribution in [3.05, 3.63) is 35.4 Å². The number of methoxy groups -OCH3 is 1. The predicted molar refractivity (Wildman–Crippen MR) is 100 cm³/mol. The van der Waals surface area contributed by atoms with Gasteiger partial charge in [-0.25, -0.2) is 9.59 Å². The standard InChI is InChI=1S/C20H29NO6/c1-6-14(4)18(20(24)25-5)21-17(22)12-27-19(23)16-9-7-15(8-10-16)11-26-13(2)3/h7-10,13-14,18H,6,11-12H2,1-5H3,(H,21,22)/t14-,18+/m1/s1. The van der Waals surface area contributed by atoms with E-state index in [0.29, 0.717) is 18.6 Å². The summed E-state index contributed by atoms with van der Waals surface area (Å²) in [5, 5.41) is 2.55. The molecule has 150 valence electrons. The normalized spacial score (nSPS) is 13.0. The zero-order valence-corrected chi connectivity index (χ0v) is 16.6. The number of carbonyl (C=O) groups is 3. The predicted octanol–water partition coefficient (Wildman–Crippen LogP) is 2.47. The number of esters is 2. The van der Waals surface area contributed by atoms with Crippen molar-refractivity contribution in [3.63, 3.8) is 0 Å². The summed E-state index contributed by atoms with van der Waals surface area (Å²) >= 11 is 0. The van der Waals surface area contributed by atoms with Crippen LogP contribution in [-0.2, 0) is 30.4 Å². The average Bonchev–Trinajstić information content (AvgIpc) is 2.67. The second kappa shape index (κ2) is 11.3. The van der Waals surface area contributed by atoms with Gasteiger partial charge in [0.2, 0.25) is 0 Å². The van der Waals surface area contributed by atoms with Gasteiger partial charge in [0.15, 0.2) is 6.61 Å². The molecule has 0 saturated carbocycles. The van der Waals surface area contributed by atoms with Crippen molar-refractivity contribution in [1.29, 1.82) is 0 Å². The van der Waals surface area contributed by atoms with E-state index in [1.807, 2.05) is 27.7 Å². The van der Waals surface area contributed by atoms with Crippen LogP contribution in [0.2, 0.25) is 0 Å². The van der Waals surface area contributed by atoms with Gasteiger partial charge in [0.25, 0.3) is 5.91 Å². The first kappa shape index (κ1) is 22.6. The van der Waals surface area contributed by atoms with Crippen LogP contribution >= 0.6 is 0 Å². The van der Waals surface area contributed by atoms with Gasteiger partial charge in [0.05, 0.1) is 25.4 Å². The highest BCUT2D eigenvalue weighted by Crippen LogP contribution is 2.10. The summed E-state index contributed by atoms with van der Waals surface area (Å²) in [6.07, 6.45) is 0.810. The molecule has 2 atom stereocenters. The fourth-order valence-electron chi connectivity index (χ4n) is 2.23. The summed E-state index contributed by atoms with van der Waals surface area (Å²) in [6.45, 7) is 7.62. The molecule has 27 heavy (non-hydrogen) atoms. The van der Waals surface area contributed by atoms with Gasteiger partial charge in [-0.3, -0.25) is 4.79 Å². The minimum absolute atomic E-state index is 0.0993. The van der Waals surface area contributed by atoms with Crippen LogP contribution in [0.1, 0.15) is 50.0 Å². The third-order valence-corrected chi connectivity index (χ3v) is 4.09. The maximum Gasteiger partial charge on any atom is 0.338 e. The Morgan fingerprint density at radius 1 is 1.07 bits per heavy atom. The molecule has 0 heterocycles. The fraction of sp³-hybridized carbons (Fsp3) is 0.550. The van der Waals surface area contributed by atoms with Crippen molar-refractivity contribution in [3.8, 4) is 0 Å². The molecule has 1 aromatic carbocycles. The molecule has 0 saturated heterocycles. The number of carbonyl (C=O) groups excluding carboxylic acids is 3. The average molecular weight is 379 g/mol. The van der Waals surface area contributed by atoms with Gasteiger partial charge in [-0.2, -0.15) is 0 Å². The van der Waals surface area contributed by atoms with Crippen LogP contribution in [0.5, 0.6) is 0 Å². The van der Waals surface area contributed by atoms with E-state index in [-0.39, 0.29) is 12.0 Å². The number of hydrogen-bond donors (Lipinski definition) is 1. The van der Waals surface area contributed by atoms with Crippen LogP contribution < -0.4 is 5.32 Å². The van der Waals surface area contributed by atoms with Crippen LogP contribution in [0.4, 0.5) is 0 Å². The molecule has 0 radical (unpaired) electrons. The summed E-state index contributed by atoms with van der Waals surface area (Å²) < 4.78 is 15.2. The Hall–Kier alpha value is -2.41. The van der Waals surface area contributed by atoms with Crippen LogP contribution in [0.15, 0.2) is 24.3 Å². The maximum absolute atomic E-state index is 12.1. The minimum atomic E-state index is -0.772. The van der Waals surface area contributed by atoms with E-state index in [1.54, 1.807) is 24.3 Å². The molecule has 0 bridgehead atoms. The van der Waals surface area contributed by atoms with Crippen molar-refractivity contribution in [2.24, 2.45) is 5.92 Å². The maximum atomic E-state index is 12.1. The molecule has 0 fully saturated rings. The summed E-state index contributed by atoms with van der Waals surface area (Å²) in [6, 6.07) is 6.02. The van der Waals surface area contributed by atoms with Crippen LogP contribution in [0.25, 0.3) is 0 Å². The number of amides is 1. The molecule has 1 amide bonds. The molecule has 0 unspecified atom stereocenters. The Morgan fingerprint density at radius 3 is 2.22 bits per heavy atom. The van der Waals surface area contributed by atoms with E-state index in [9.17, 15) is 14.4 Å². The zero-order chi connectivity index (χ0) is 20.4. The first-order valence-electron chi connectivity index (χ1n) is 9.03. The van der Waals surface area contributed by atoms with Gasteiger partial charge < -0.3 is 19.5 Å². The van der Waals surface area contributed by atoms with Gasteiger partial charge in [0.1, 0.15) is 6.04 Å². The minimum Gasteiger partial charge on any atom is -0.467 e. The third-order valence-electron chi connectivity index (χ3n) is 4.09. The lowest BCUT2D eigenvalue weighted by atomic mass is 9.99. The molecule has 7 heteroatoms. The first-order valence-corrected chi connectivity index (χ1v) is 9.03. The molecule has 1 rings (SSSR count). The second-order valence-corrected chi connectivity index (χ2v) is 6.59. The Kier molecular flexibility index (Phi) is 9.50. The molecular formula is C20H29NO6. The Labute approximate surface area is 160 Å². The van der Waals surface area contributed by atoms with Crippen LogP contribution in [0, 0.1) is 5.92 Å². The summed E-state index contributed by atoms with van der Waals surface area (Å²) in [5.41, 5.74) is 1.27. The highest BCUT2D eigenvalue weighted by molar-refractivity contribution is 5.92. The Balaban J connectivity index is 2.55. The van der Waals surface area contributed by atoms with Crippen molar-refractivity contribution < 1.29 is 28.6 Å². The number of nitrogens with one attached hydrogen (secondary N) is 1. The molecular weight excluding hydrogens is 350 g/mol. The lowest BCUT2D eigenvalue weighted by Crippen LogP contribution is -2.47. The Bertz CT molecular complexity index is 626. The number of hydrogen-bond acceptors (Lipinski definition) is 6. The van der Waals surface area contributed by atoms with Crippen molar-refractivity contribution in [1.82, 2.24) is 5.32 Å². The van der Waals surface area contributed by atoms with Gasteiger partial charge in [-0.1, -0.05) is 32.4 Å². The number of benzene rings is 1. The van der Waals surface area contributed by atoms with E-state index in [2.05, 4.69) is 5.32 Å².